The second-order valence-electron chi connectivity index (χ2n) is 8.69. The van der Waals surface area contributed by atoms with Crippen LogP contribution in [0.1, 0.15) is 27.2 Å². The van der Waals surface area contributed by atoms with E-state index in [-0.39, 0.29) is 30.1 Å². The first kappa shape index (κ1) is 25.9. The minimum absolute atomic E-state index is 0. The fraction of sp³-hybridized carbons (Fsp3) is 0.750. The fourth-order valence-electron chi connectivity index (χ4n) is 3.57. The molecule has 2 aliphatic heterocycles. The molecule has 0 atom stereocenters. The largest absolute Gasteiger partial charge is 0.444 e. The normalized spacial score (nSPS) is 18.7. The monoisotopic (exact) mass is 565 g/mol. The highest BCUT2D eigenvalue weighted by molar-refractivity contribution is 14.0. The minimum Gasteiger partial charge on any atom is -0.444 e. The Labute approximate surface area is 206 Å². The van der Waals surface area contributed by atoms with Gasteiger partial charge < -0.3 is 25.2 Å². The molecule has 1 amide bonds. The first-order valence-electron chi connectivity index (χ1n) is 10.7. The average Bonchev–Trinajstić information content (AvgIpc) is 3.25. The molecule has 0 saturated carbocycles. The molecule has 1 aromatic rings. The van der Waals surface area contributed by atoms with E-state index < -0.39 is 5.60 Å². The summed E-state index contributed by atoms with van der Waals surface area (Å²) in [5.74, 6) is 0.642. The number of nitrogens with two attached hydrogens (primary N) is 1. The van der Waals surface area contributed by atoms with E-state index in [2.05, 4.69) is 24.7 Å². The predicted molar refractivity (Wildman–Crippen MR) is 137 cm³/mol. The van der Waals surface area contributed by atoms with Crippen LogP contribution in [0.2, 0.25) is 0 Å². The molecule has 1 aromatic heterocycles. The Balaban J connectivity index is 0.00000341. The zero-order valence-electron chi connectivity index (χ0n) is 18.8. The molecule has 2 saturated heterocycles. The van der Waals surface area contributed by atoms with Gasteiger partial charge in [0.1, 0.15) is 5.60 Å². The number of thiazole rings is 1. The second kappa shape index (κ2) is 12.0. The molecule has 0 spiro atoms. The van der Waals surface area contributed by atoms with Gasteiger partial charge in [0.25, 0.3) is 0 Å². The highest BCUT2D eigenvalue weighted by Crippen LogP contribution is 2.18. The van der Waals surface area contributed by atoms with Gasteiger partial charge in [-0.15, -0.1) is 35.3 Å². The maximum atomic E-state index is 12.1. The number of anilines is 1. The summed E-state index contributed by atoms with van der Waals surface area (Å²) in [5, 5.41) is 3.09. The van der Waals surface area contributed by atoms with Crippen molar-refractivity contribution in [2.24, 2.45) is 10.7 Å². The molecule has 0 unspecified atom stereocenters. The number of ether oxygens (including phenoxy) is 1. The van der Waals surface area contributed by atoms with E-state index in [1.807, 2.05) is 32.3 Å². The number of carbonyl (C=O) groups excluding carboxylic acids is 1. The van der Waals surface area contributed by atoms with Crippen molar-refractivity contribution in [2.45, 2.75) is 32.8 Å². The van der Waals surface area contributed by atoms with Crippen molar-refractivity contribution in [2.75, 3.05) is 70.3 Å². The quantitative estimate of drug-likeness (QED) is 0.253. The van der Waals surface area contributed by atoms with E-state index in [1.165, 1.54) is 0 Å². The smallest absolute Gasteiger partial charge is 0.410 e. The van der Waals surface area contributed by atoms with E-state index in [9.17, 15) is 4.79 Å². The van der Waals surface area contributed by atoms with Crippen LogP contribution in [-0.2, 0) is 4.74 Å². The molecule has 2 N–H and O–H groups in total. The number of aliphatic imine (C=N–C) groups is 1. The lowest BCUT2D eigenvalue weighted by molar-refractivity contribution is 0.0145. The van der Waals surface area contributed by atoms with Gasteiger partial charge in [-0.05, 0) is 27.2 Å². The van der Waals surface area contributed by atoms with Crippen LogP contribution in [0.15, 0.2) is 16.6 Å². The predicted octanol–water partition coefficient (Wildman–Crippen LogP) is 2.14. The van der Waals surface area contributed by atoms with E-state index >= 15 is 0 Å². The molecule has 0 radical (unpaired) electrons. The summed E-state index contributed by atoms with van der Waals surface area (Å²) in [6, 6.07) is 0. The lowest BCUT2D eigenvalue weighted by atomic mass is 10.2. The summed E-state index contributed by atoms with van der Waals surface area (Å²) in [6.45, 7) is 14.2. The van der Waals surface area contributed by atoms with Gasteiger partial charge in [-0.25, -0.2) is 9.78 Å². The first-order chi connectivity index (χ1) is 14.3. The Morgan fingerprint density at radius 1 is 1.13 bits per heavy atom. The number of nitrogens with zero attached hydrogens (tertiary/aromatic N) is 6. The first-order valence-corrected chi connectivity index (χ1v) is 11.6. The van der Waals surface area contributed by atoms with Crippen molar-refractivity contribution >= 4 is 52.5 Å². The van der Waals surface area contributed by atoms with Gasteiger partial charge in [-0.1, -0.05) is 0 Å². The fourth-order valence-corrected chi connectivity index (χ4v) is 4.26. The summed E-state index contributed by atoms with van der Waals surface area (Å²) in [6.07, 6.45) is 2.60. The third kappa shape index (κ3) is 8.26. The Morgan fingerprint density at radius 3 is 2.35 bits per heavy atom. The van der Waals surface area contributed by atoms with E-state index in [1.54, 1.807) is 16.2 Å². The van der Waals surface area contributed by atoms with Crippen molar-refractivity contribution in [1.82, 2.24) is 19.7 Å². The molecule has 176 valence electrons. The third-order valence-corrected chi connectivity index (χ3v) is 6.06. The number of carbonyl (C=O) groups is 1. The van der Waals surface area contributed by atoms with Crippen molar-refractivity contribution in [1.29, 1.82) is 0 Å². The number of hydrogen-bond donors (Lipinski definition) is 1. The maximum Gasteiger partial charge on any atom is 0.410 e. The molecule has 31 heavy (non-hydrogen) atoms. The molecule has 3 rings (SSSR count). The number of aromatic nitrogens is 1. The van der Waals surface area contributed by atoms with Crippen LogP contribution in [-0.4, -0.2) is 103 Å². The summed E-state index contributed by atoms with van der Waals surface area (Å²) >= 11 is 1.67. The van der Waals surface area contributed by atoms with Crippen molar-refractivity contribution in [3.8, 4) is 0 Å². The van der Waals surface area contributed by atoms with Gasteiger partial charge >= 0.3 is 6.09 Å². The molecule has 9 nitrogen and oxygen atoms in total. The van der Waals surface area contributed by atoms with Crippen LogP contribution < -0.4 is 10.6 Å². The van der Waals surface area contributed by atoms with E-state index in [0.717, 1.165) is 63.9 Å². The zero-order chi connectivity index (χ0) is 21.6. The number of hydrogen-bond acceptors (Lipinski definition) is 7. The summed E-state index contributed by atoms with van der Waals surface area (Å²) < 4.78 is 5.45. The number of amides is 1. The van der Waals surface area contributed by atoms with Crippen LogP contribution in [0.4, 0.5) is 9.93 Å². The number of piperazine rings is 2. The Hall–Kier alpha value is -1.34. The van der Waals surface area contributed by atoms with Crippen molar-refractivity contribution in [3.63, 3.8) is 0 Å². The van der Waals surface area contributed by atoms with Crippen LogP contribution in [0.3, 0.4) is 0 Å². The highest BCUT2D eigenvalue weighted by atomic mass is 127. The second-order valence-corrected chi connectivity index (χ2v) is 9.56. The Kier molecular flexibility index (Phi) is 10.1. The summed E-state index contributed by atoms with van der Waals surface area (Å²) in [4.78, 5) is 29.7. The minimum atomic E-state index is -0.445. The summed E-state index contributed by atoms with van der Waals surface area (Å²) in [7, 11) is 0. The molecule has 2 fully saturated rings. The molecule has 0 bridgehead atoms. The van der Waals surface area contributed by atoms with Gasteiger partial charge in [-0.3, -0.25) is 9.89 Å². The number of rotatable bonds is 5. The average molecular weight is 566 g/mol. The van der Waals surface area contributed by atoms with Gasteiger partial charge in [-0.2, -0.15) is 0 Å². The third-order valence-electron chi connectivity index (χ3n) is 5.22. The van der Waals surface area contributed by atoms with Gasteiger partial charge in [0.05, 0.1) is 0 Å². The van der Waals surface area contributed by atoms with E-state index in [4.69, 9.17) is 10.5 Å². The highest BCUT2D eigenvalue weighted by Gasteiger charge is 2.25. The van der Waals surface area contributed by atoms with Gasteiger partial charge in [0.15, 0.2) is 11.1 Å². The Bertz CT molecular complexity index is 695. The molecular formula is C20H36IN7O2S. The van der Waals surface area contributed by atoms with Gasteiger partial charge in [0, 0.05) is 77.0 Å². The maximum absolute atomic E-state index is 12.1. The van der Waals surface area contributed by atoms with Gasteiger partial charge in [0.2, 0.25) is 0 Å². The molecule has 3 heterocycles. The lowest BCUT2D eigenvalue weighted by Gasteiger charge is -2.35. The van der Waals surface area contributed by atoms with Crippen LogP contribution in [0.25, 0.3) is 0 Å². The standard InChI is InChI=1S/C20H35N7O2S.HI/c1-20(2,3)29-19(28)27-10-8-24(9-11-27)7-4-5-22-17(21)25-12-14-26(15-13-25)18-23-6-16-30-18;/h6,16H,4-5,7-15H2,1-3H3,(H2,21,22);1H. The van der Waals surface area contributed by atoms with E-state index in [0.29, 0.717) is 19.0 Å². The Morgan fingerprint density at radius 2 is 1.77 bits per heavy atom. The number of guanidine groups is 1. The van der Waals surface area contributed by atoms with Crippen LogP contribution in [0.5, 0.6) is 0 Å². The molecule has 11 heteroatoms. The van der Waals surface area contributed by atoms with Crippen LogP contribution in [0, 0.1) is 0 Å². The van der Waals surface area contributed by atoms with Crippen molar-refractivity contribution in [3.05, 3.63) is 11.6 Å². The topological polar surface area (TPSA) is 90.5 Å². The number of halogens is 1. The molecule has 0 aliphatic carbocycles. The summed E-state index contributed by atoms with van der Waals surface area (Å²) in [5.41, 5.74) is 5.76. The molecule has 2 aliphatic rings. The van der Waals surface area contributed by atoms with Crippen LogP contribution >= 0.6 is 35.3 Å². The zero-order valence-corrected chi connectivity index (χ0v) is 22.0. The molecule has 0 aromatic carbocycles. The lowest BCUT2D eigenvalue weighted by Crippen LogP contribution is -2.51. The van der Waals surface area contributed by atoms with Crippen molar-refractivity contribution < 1.29 is 9.53 Å². The SMILES string of the molecule is CC(C)(C)OC(=O)N1CCN(CCCN=C(N)N2CCN(c3nccs3)CC2)CC1.I. The molecular weight excluding hydrogens is 529 g/mol.